The zero-order valence-electron chi connectivity index (χ0n) is 7.80. The number of sulfonamides is 1. The first-order valence-corrected chi connectivity index (χ1v) is 5.85. The predicted molar refractivity (Wildman–Crippen MR) is 53.5 cm³/mol. The third-order valence-electron chi connectivity index (χ3n) is 1.40. The van der Waals surface area contributed by atoms with Crippen molar-refractivity contribution in [3.8, 4) is 0 Å². The van der Waals surface area contributed by atoms with Crippen molar-refractivity contribution in [2.45, 2.75) is 13.3 Å². The molecule has 0 fully saturated rings. The normalized spacial score (nSPS) is 12.1. The average molecular weight is 216 g/mol. The number of hydrogen-bond donors (Lipinski definition) is 1. The van der Waals surface area contributed by atoms with Crippen LogP contribution in [0.2, 0.25) is 0 Å². The molecule has 0 bridgehead atoms. The van der Waals surface area contributed by atoms with Crippen LogP contribution in [-0.2, 0) is 10.0 Å². The predicted octanol–water partition coefficient (Wildman–Crippen LogP) is 0.943. The van der Waals surface area contributed by atoms with Gasteiger partial charge in [0, 0.05) is 0 Å². The molecule has 0 spiro atoms. The molecule has 1 aromatic heterocycles. The highest BCUT2D eigenvalue weighted by atomic mass is 32.2. The Kier molecular flexibility index (Phi) is 3.70. The van der Waals surface area contributed by atoms with Crippen LogP contribution in [0, 0.1) is 0 Å². The molecule has 1 N–H and O–H groups in total. The second-order valence-electron chi connectivity index (χ2n) is 2.68. The Labute approximate surface area is 82.9 Å². The maximum atomic E-state index is 11.1. The van der Waals surface area contributed by atoms with Crippen LogP contribution in [0.3, 0.4) is 0 Å². The van der Waals surface area contributed by atoms with Gasteiger partial charge < -0.3 is 4.42 Å². The lowest BCUT2D eigenvalue weighted by atomic mass is 10.5. The molecule has 5 nitrogen and oxygen atoms in total. The summed E-state index contributed by atoms with van der Waals surface area (Å²) in [5.74, 6) is 0.576. The second kappa shape index (κ2) is 4.80. The van der Waals surface area contributed by atoms with Gasteiger partial charge in [-0.1, -0.05) is 6.92 Å². The minimum Gasteiger partial charge on any atom is -0.463 e. The number of nitrogens with one attached hydrogen (secondary N) is 1. The Morgan fingerprint density at radius 3 is 3.00 bits per heavy atom. The maximum Gasteiger partial charge on any atom is 0.247 e. The fourth-order valence-corrected chi connectivity index (χ4v) is 1.69. The molecule has 0 saturated heterocycles. The van der Waals surface area contributed by atoms with E-state index >= 15 is 0 Å². The summed E-state index contributed by atoms with van der Waals surface area (Å²) in [4.78, 5) is 2.08. The van der Waals surface area contributed by atoms with Crippen LogP contribution in [0.15, 0.2) is 27.9 Å². The minimum absolute atomic E-state index is 0.0719. The molecule has 0 saturated carbocycles. The molecule has 0 unspecified atom stereocenters. The average Bonchev–Trinajstić information content (AvgIpc) is 2.56. The zero-order valence-corrected chi connectivity index (χ0v) is 8.62. The number of rotatable bonds is 5. The number of hydrogen-bond acceptors (Lipinski definition) is 4. The monoisotopic (exact) mass is 216 g/mol. The molecule has 0 aliphatic rings. The first-order valence-electron chi connectivity index (χ1n) is 4.20. The topological polar surface area (TPSA) is 71.7 Å². The Bertz CT molecular complexity index is 381. The molecule has 1 rings (SSSR count). The highest BCUT2D eigenvalue weighted by Gasteiger charge is 2.04. The van der Waals surface area contributed by atoms with Crippen molar-refractivity contribution in [3.63, 3.8) is 0 Å². The summed E-state index contributed by atoms with van der Waals surface area (Å²) >= 11 is 0. The summed E-state index contributed by atoms with van der Waals surface area (Å²) in [6.07, 6.45) is 3.36. The van der Waals surface area contributed by atoms with Crippen molar-refractivity contribution in [2.24, 2.45) is 5.10 Å². The van der Waals surface area contributed by atoms with Crippen molar-refractivity contribution in [3.05, 3.63) is 24.2 Å². The molecule has 0 aliphatic carbocycles. The molecule has 0 atom stereocenters. The van der Waals surface area contributed by atoms with Crippen LogP contribution in [0.1, 0.15) is 19.1 Å². The van der Waals surface area contributed by atoms with Crippen molar-refractivity contribution in [1.29, 1.82) is 0 Å². The summed E-state index contributed by atoms with van der Waals surface area (Å²) in [7, 11) is -3.27. The van der Waals surface area contributed by atoms with E-state index < -0.39 is 10.0 Å². The SMILES string of the molecule is CCCS(=O)(=O)NN=Cc1ccco1. The molecule has 78 valence electrons. The molecule has 14 heavy (non-hydrogen) atoms. The van der Waals surface area contributed by atoms with Gasteiger partial charge in [0.2, 0.25) is 10.0 Å². The van der Waals surface area contributed by atoms with E-state index in [0.717, 1.165) is 0 Å². The van der Waals surface area contributed by atoms with E-state index in [1.54, 1.807) is 19.1 Å². The van der Waals surface area contributed by atoms with Crippen molar-refractivity contribution in [1.82, 2.24) is 4.83 Å². The van der Waals surface area contributed by atoms with Crippen molar-refractivity contribution < 1.29 is 12.8 Å². The first kappa shape index (κ1) is 10.8. The van der Waals surface area contributed by atoms with E-state index in [2.05, 4.69) is 9.93 Å². The van der Waals surface area contributed by atoms with Crippen LogP contribution in [0.5, 0.6) is 0 Å². The summed E-state index contributed by atoms with van der Waals surface area (Å²) in [6, 6.07) is 3.37. The summed E-state index contributed by atoms with van der Waals surface area (Å²) in [5.41, 5.74) is 0. The molecule has 1 heterocycles. The molecule has 0 amide bonds. The van der Waals surface area contributed by atoms with Crippen LogP contribution < -0.4 is 4.83 Å². The number of hydrazone groups is 1. The van der Waals surface area contributed by atoms with Gasteiger partial charge in [-0.05, 0) is 18.6 Å². The fraction of sp³-hybridized carbons (Fsp3) is 0.375. The third kappa shape index (κ3) is 3.61. The van der Waals surface area contributed by atoms with Crippen molar-refractivity contribution >= 4 is 16.2 Å². The Morgan fingerprint density at radius 1 is 1.64 bits per heavy atom. The molecule has 0 aliphatic heterocycles. The van der Waals surface area contributed by atoms with E-state index in [1.807, 2.05) is 0 Å². The number of nitrogens with zero attached hydrogens (tertiary/aromatic N) is 1. The lowest BCUT2D eigenvalue weighted by molar-refractivity contribution is 0.559. The summed E-state index contributed by atoms with van der Waals surface area (Å²) in [6.45, 7) is 1.79. The molecule has 1 aromatic rings. The van der Waals surface area contributed by atoms with Gasteiger partial charge in [0.1, 0.15) is 5.76 Å². The van der Waals surface area contributed by atoms with Gasteiger partial charge in [-0.3, -0.25) is 0 Å². The molecular weight excluding hydrogens is 204 g/mol. The minimum atomic E-state index is -3.27. The summed E-state index contributed by atoms with van der Waals surface area (Å²) < 4.78 is 27.1. The lowest BCUT2D eigenvalue weighted by Crippen LogP contribution is -2.21. The third-order valence-corrected chi connectivity index (χ3v) is 2.73. The molecule has 6 heteroatoms. The van der Waals surface area contributed by atoms with Gasteiger partial charge in [-0.15, -0.1) is 0 Å². The van der Waals surface area contributed by atoms with Crippen LogP contribution in [0.4, 0.5) is 0 Å². The highest BCUT2D eigenvalue weighted by molar-refractivity contribution is 7.89. The second-order valence-corrected chi connectivity index (χ2v) is 4.50. The molecular formula is C8H12N2O3S. The maximum absolute atomic E-state index is 11.1. The zero-order chi connectivity index (χ0) is 10.4. The van der Waals surface area contributed by atoms with E-state index in [-0.39, 0.29) is 5.75 Å². The van der Waals surface area contributed by atoms with E-state index in [4.69, 9.17) is 4.42 Å². The number of furan rings is 1. The van der Waals surface area contributed by atoms with Gasteiger partial charge >= 0.3 is 0 Å². The van der Waals surface area contributed by atoms with E-state index in [1.165, 1.54) is 12.5 Å². The van der Waals surface area contributed by atoms with Crippen LogP contribution in [-0.4, -0.2) is 20.4 Å². The molecule has 0 aromatic carbocycles. The lowest BCUT2D eigenvalue weighted by Gasteiger charge is -1.98. The van der Waals surface area contributed by atoms with Gasteiger partial charge in [0.15, 0.2) is 0 Å². The van der Waals surface area contributed by atoms with Gasteiger partial charge in [-0.2, -0.15) is 5.10 Å². The standard InChI is InChI=1S/C8H12N2O3S/c1-2-6-14(11,12)10-9-7-8-4-3-5-13-8/h3-5,7,10H,2,6H2,1H3. The van der Waals surface area contributed by atoms with Crippen molar-refractivity contribution in [2.75, 3.05) is 5.75 Å². The largest absolute Gasteiger partial charge is 0.463 e. The van der Waals surface area contributed by atoms with Gasteiger partial charge in [0.25, 0.3) is 0 Å². The van der Waals surface area contributed by atoms with Gasteiger partial charge in [-0.25, -0.2) is 13.2 Å². The highest BCUT2D eigenvalue weighted by Crippen LogP contribution is 1.95. The Hall–Kier alpha value is -1.30. The quantitative estimate of drug-likeness (QED) is 0.588. The first-order chi connectivity index (χ1) is 6.64. The van der Waals surface area contributed by atoms with Crippen LogP contribution in [0.25, 0.3) is 0 Å². The fourth-order valence-electron chi connectivity index (χ4n) is 0.849. The summed E-state index contributed by atoms with van der Waals surface area (Å²) in [5, 5.41) is 3.55. The Balaban J connectivity index is 2.48. The Morgan fingerprint density at radius 2 is 2.43 bits per heavy atom. The molecule has 0 radical (unpaired) electrons. The van der Waals surface area contributed by atoms with E-state index in [9.17, 15) is 8.42 Å². The van der Waals surface area contributed by atoms with Gasteiger partial charge in [0.05, 0.1) is 18.2 Å². The van der Waals surface area contributed by atoms with Crippen LogP contribution >= 0.6 is 0 Å². The van der Waals surface area contributed by atoms with E-state index in [0.29, 0.717) is 12.2 Å². The smallest absolute Gasteiger partial charge is 0.247 e.